The van der Waals surface area contributed by atoms with Gasteiger partial charge >= 0.3 is 13.7 Å². The molecule has 7 nitrogen and oxygen atoms in total. The van der Waals surface area contributed by atoms with Crippen molar-refractivity contribution in [1.29, 1.82) is 0 Å². The van der Waals surface area contributed by atoms with E-state index < -0.39 is 18.5 Å². The molecule has 0 saturated carbocycles. The SMILES string of the molecule is CCOP(=O)(OCC)C1(N2CCCC2)CN(C(=O)OC(C)(C)C)C1. The molecule has 0 spiro atoms. The van der Waals surface area contributed by atoms with Crippen molar-refractivity contribution < 1.29 is 23.1 Å². The predicted octanol–water partition coefficient (Wildman–Crippen LogP) is 3.30. The highest BCUT2D eigenvalue weighted by Gasteiger charge is 2.64. The van der Waals surface area contributed by atoms with E-state index in [1.54, 1.807) is 4.90 Å². The quantitative estimate of drug-likeness (QED) is 0.676. The van der Waals surface area contributed by atoms with Gasteiger partial charge in [-0.1, -0.05) is 0 Å². The molecular weight excluding hydrogens is 331 g/mol. The summed E-state index contributed by atoms with van der Waals surface area (Å²) in [6.45, 7) is 12.1. The molecule has 0 bridgehead atoms. The van der Waals surface area contributed by atoms with Gasteiger partial charge in [-0.15, -0.1) is 0 Å². The number of rotatable bonds is 6. The smallest absolute Gasteiger partial charge is 0.410 e. The van der Waals surface area contributed by atoms with Gasteiger partial charge in [0.25, 0.3) is 0 Å². The topological polar surface area (TPSA) is 68.3 Å². The van der Waals surface area contributed by atoms with Gasteiger partial charge in [0.1, 0.15) is 5.60 Å². The number of hydrogen-bond donors (Lipinski definition) is 0. The molecule has 1 amide bonds. The van der Waals surface area contributed by atoms with E-state index in [0.29, 0.717) is 26.3 Å². The summed E-state index contributed by atoms with van der Waals surface area (Å²) >= 11 is 0. The lowest BCUT2D eigenvalue weighted by molar-refractivity contribution is -0.0355. The Kier molecular flexibility index (Phi) is 6.01. The molecule has 0 aliphatic carbocycles. The summed E-state index contributed by atoms with van der Waals surface area (Å²) in [5, 5.41) is -0.744. The molecule has 2 fully saturated rings. The Labute approximate surface area is 145 Å². The number of carbonyl (C=O) groups excluding carboxylic acids is 1. The minimum absolute atomic E-state index is 0.319. The Balaban J connectivity index is 2.19. The molecule has 140 valence electrons. The van der Waals surface area contributed by atoms with E-state index >= 15 is 0 Å². The zero-order valence-electron chi connectivity index (χ0n) is 15.5. The highest BCUT2D eigenvalue weighted by molar-refractivity contribution is 7.55. The maximum Gasteiger partial charge on any atom is 0.410 e. The molecule has 2 rings (SSSR count). The van der Waals surface area contributed by atoms with E-state index in [2.05, 4.69) is 4.90 Å². The molecule has 0 atom stereocenters. The van der Waals surface area contributed by atoms with Crippen LogP contribution in [0.15, 0.2) is 0 Å². The third-order valence-corrected chi connectivity index (χ3v) is 7.12. The van der Waals surface area contributed by atoms with Crippen molar-refractivity contribution in [2.45, 2.75) is 58.3 Å². The fraction of sp³-hybridized carbons (Fsp3) is 0.938. The maximum absolute atomic E-state index is 13.5. The van der Waals surface area contributed by atoms with Crippen molar-refractivity contribution in [1.82, 2.24) is 9.80 Å². The fourth-order valence-electron chi connectivity index (χ4n) is 3.32. The molecule has 2 aliphatic rings. The van der Waals surface area contributed by atoms with E-state index in [0.717, 1.165) is 25.9 Å². The largest absolute Gasteiger partial charge is 0.444 e. The molecule has 0 N–H and O–H groups in total. The van der Waals surface area contributed by atoms with Crippen LogP contribution in [0.2, 0.25) is 0 Å². The molecular formula is C16H31N2O5P. The summed E-state index contributed by atoms with van der Waals surface area (Å²) in [5.41, 5.74) is -0.549. The van der Waals surface area contributed by atoms with Gasteiger partial charge < -0.3 is 18.7 Å². The highest BCUT2D eigenvalue weighted by Crippen LogP contribution is 2.65. The second-order valence-corrected chi connectivity index (χ2v) is 9.69. The second-order valence-electron chi connectivity index (χ2n) is 7.35. The van der Waals surface area contributed by atoms with Crippen molar-refractivity contribution in [2.24, 2.45) is 0 Å². The summed E-state index contributed by atoms with van der Waals surface area (Å²) in [7, 11) is -3.36. The first-order valence-electron chi connectivity index (χ1n) is 8.79. The van der Waals surface area contributed by atoms with E-state index in [4.69, 9.17) is 13.8 Å². The van der Waals surface area contributed by atoms with Crippen LogP contribution in [0.25, 0.3) is 0 Å². The molecule has 2 heterocycles. The van der Waals surface area contributed by atoms with Crippen LogP contribution in [-0.2, 0) is 18.3 Å². The number of likely N-dealkylation sites (tertiary alicyclic amines) is 2. The Hall–Kier alpha value is -0.620. The molecule has 8 heteroatoms. The van der Waals surface area contributed by atoms with Gasteiger partial charge in [-0.05, 0) is 60.5 Å². The highest BCUT2D eigenvalue weighted by atomic mass is 31.2. The molecule has 0 aromatic heterocycles. The van der Waals surface area contributed by atoms with Gasteiger partial charge in [0, 0.05) is 0 Å². The number of ether oxygens (including phenoxy) is 1. The third-order valence-electron chi connectivity index (χ3n) is 4.34. The van der Waals surface area contributed by atoms with Gasteiger partial charge in [-0.25, -0.2) is 4.79 Å². The Morgan fingerprint density at radius 2 is 1.58 bits per heavy atom. The zero-order valence-corrected chi connectivity index (χ0v) is 16.4. The minimum atomic E-state index is -3.36. The monoisotopic (exact) mass is 362 g/mol. The molecule has 0 unspecified atom stereocenters. The lowest BCUT2D eigenvalue weighted by Crippen LogP contribution is -2.70. The molecule has 0 radical (unpaired) electrons. The predicted molar refractivity (Wildman–Crippen MR) is 92.2 cm³/mol. The summed E-state index contributed by atoms with van der Waals surface area (Å²) in [4.78, 5) is 16.1. The van der Waals surface area contributed by atoms with Crippen molar-refractivity contribution in [3.63, 3.8) is 0 Å². The second kappa shape index (κ2) is 7.32. The lowest BCUT2D eigenvalue weighted by atomic mass is 10.1. The summed E-state index contributed by atoms with van der Waals surface area (Å²) < 4.78 is 30.2. The first-order chi connectivity index (χ1) is 11.2. The van der Waals surface area contributed by atoms with E-state index in [-0.39, 0.29) is 6.09 Å². The van der Waals surface area contributed by atoms with Crippen LogP contribution in [0.5, 0.6) is 0 Å². The maximum atomic E-state index is 13.5. The standard InChI is InChI=1S/C16H31N2O5P/c1-6-21-24(20,22-7-2)16(18-10-8-9-11-18)12-17(13-16)14(19)23-15(3,4)5/h6-13H2,1-5H3. The first kappa shape index (κ1) is 19.7. The van der Waals surface area contributed by atoms with Gasteiger partial charge in [0.15, 0.2) is 5.28 Å². The normalized spacial score (nSPS) is 21.6. The number of amides is 1. The van der Waals surface area contributed by atoms with E-state index in [9.17, 15) is 9.36 Å². The van der Waals surface area contributed by atoms with Crippen LogP contribution in [0.3, 0.4) is 0 Å². The molecule has 0 aromatic carbocycles. The Bertz CT molecular complexity index is 483. The van der Waals surface area contributed by atoms with Crippen LogP contribution in [-0.4, -0.2) is 66.2 Å². The van der Waals surface area contributed by atoms with Crippen molar-refractivity contribution >= 4 is 13.7 Å². The van der Waals surface area contributed by atoms with Crippen LogP contribution >= 0.6 is 7.60 Å². The number of carbonyl (C=O) groups is 1. The molecule has 2 saturated heterocycles. The number of hydrogen-bond acceptors (Lipinski definition) is 6. The van der Waals surface area contributed by atoms with Crippen LogP contribution < -0.4 is 0 Å². The molecule has 0 aromatic rings. The zero-order chi connectivity index (χ0) is 18.0. The van der Waals surface area contributed by atoms with Gasteiger partial charge in [-0.2, -0.15) is 0 Å². The molecule has 24 heavy (non-hydrogen) atoms. The van der Waals surface area contributed by atoms with E-state index in [1.807, 2.05) is 34.6 Å². The van der Waals surface area contributed by atoms with Crippen molar-refractivity contribution in [3.05, 3.63) is 0 Å². The molecule has 2 aliphatic heterocycles. The first-order valence-corrected chi connectivity index (χ1v) is 10.3. The van der Waals surface area contributed by atoms with Gasteiger partial charge in [0.2, 0.25) is 0 Å². The Morgan fingerprint density at radius 3 is 2.00 bits per heavy atom. The van der Waals surface area contributed by atoms with Crippen LogP contribution in [0, 0.1) is 0 Å². The summed E-state index contributed by atoms with van der Waals surface area (Å²) in [6.07, 6.45) is 1.75. The summed E-state index contributed by atoms with van der Waals surface area (Å²) in [6, 6.07) is 0. The van der Waals surface area contributed by atoms with Crippen LogP contribution in [0.4, 0.5) is 4.79 Å². The van der Waals surface area contributed by atoms with Crippen LogP contribution in [0.1, 0.15) is 47.5 Å². The van der Waals surface area contributed by atoms with Crippen molar-refractivity contribution in [2.75, 3.05) is 39.4 Å². The van der Waals surface area contributed by atoms with Gasteiger partial charge in [-0.3, -0.25) is 9.46 Å². The average molecular weight is 362 g/mol. The van der Waals surface area contributed by atoms with Gasteiger partial charge in [0.05, 0.1) is 26.3 Å². The Morgan fingerprint density at radius 1 is 1.08 bits per heavy atom. The average Bonchev–Trinajstić information content (AvgIpc) is 2.89. The van der Waals surface area contributed by atoms with Crippen molar-refractivity contribution in [3.8, 4) is 0 Å². The summed E-state index contributed by atoms with van der Waals surface area (Å²) in [5.74, 6) is 0. The van der Waals surface area contributed by atoms with E-state index in [1.165, 1.54) is 0 Å². The third kappa shape index (κ3) is 3.79. The minimum Gasteiger partial charge on any atom is -0.444 e. The lowest BCUT2D eigenvalue weighted by Gasteiger charge is -2.55. The number of nitrogens with zero attached hydrogens (tertiary/aromatic N) is 2. The fourth-order valence-corrected chi connectivity index (χ4v) is 5.79.